The molecule has 2 aromatic rings. The van der Waals surface area contributed by atoms with Crippen molar-refractivity contribution in [3.63, 3.8) is 0 Å². The first-order valence-electron chi connectivity index (χ1n) is 17.5. The van der Waals surface area contributed by atoms with Crippen molar-refractivity contribution in [2.24, 2.45) is 11.0 Å². The summed E-state index contributed by atoms with van der Waals surface area (Å²) in [5.74, 6) is -2.34. The number of ketones is 2. The summed E-state index contributed by atoms with van der Waals surface area (Å²) in [6.45, 7) is 7.14. The van der Waals surface area contributed by atoms with Crippen LogP contribution in [0.1, 0.15) is 89.6 Å². The normalized spacial score (nSPS) is 30.8. The lowest BCUT2D eigenvalue weighted by Gasteiger charge is -2.49. The van der Waals surface area contributed by atoms with Crippen molar-refractivity contribution in [2.75, 3.05) is 34.0 Å². The van der Waals surface area contributed by atoms with E-state index in [9.17, 15) is 34.8 Å². The summed E-state index contributed by atoms with van der Waals surface area (Å²) in [5.41, 5.74) is 0.443. The van der Waals surface area contributed by atoms with E-state index in [4.69, 9.17) is 23.7 Å². The topological polar surface area (TPSA) is 206 Å². The van der Waals surface area contributed by atoms with Crippen molar-refractivity contribution < 1.29 is 58.5 Å². The Bertz CT molecular complexity index is 1760. The summed E-state index contributed by atoms with van der Waals surface area (Å²) in [7, 11) is 2.95. The minimum absolute atomic E-state index is 0.0576. The molecule has 2 fully saturated rings. The van der Waals surface area contributed by atoms with E-state index in [-0.39, 0.29) is 64.6 Å². The number of aromatic hydroxyl groups is 1. The number of hydrazone groups is 1. The van der Waals surface area contributed by atoms with E-state index >= 15 is 0 Å². The highest BCUT2D eigenvalue weighted by molar-refractivity contribution is 6.30. The van der Waals surface area contributed by atoms with Crippen LogP contribution in [0, 0.1) is 5.92 Å². The molecular formula is C37H47N3O12. The van der Waals surface area contributed by atoms with Crippen LogP contribution in [0.4, 0.5) is 0 Å². The Labute approximate surface area is 301 Å². The van der Waals surface area contributed by atoms with Crippen LogP contribution in [0.15, 0.2) is 29.4 Å². The van der Waals surface area contributed by atoms with Gasteiger partial charge in [-0.15, -0.1) is 0 Å². The summed E-state index contributed by atoms with van der Waals surface area (Å²) in [6, 6.07) is 5.47. The highest BCUT2D eigenvalue weighted by Gasteiger charge is 2.49. The fourth-order valence-corrected chi connectivity index (χ4v) is 7.80. The molecule has 6 rings (SSSR count). The number of aliphatic hydroxyl groups excluding tert-OH is 2. The molecule has 0 radical (unpaired) electrons. The average molecular weight is 726 g/mol. The van der Waals surface area contributed by atoms with Gasteiger partial charge in [0.05, 0.1) is 61.5 Å². The van der Waals surface area contributed by atoms with E-state index in [1.165, 1.54) is 19.2 Å². The molecule has 2 saturated heterocycles. The predicted octanol–water partition coefficient (Wildman–Crippen LogP) is 1.59. The number of hydrogen-bond acceptors (Lipinski definition) is 14. The second kappa shape index (κ2) is 14.9. The summed E-state index contributed by atoms with van der Waals surface area (Å²) in [4.78, 5) is 42.4. The number of amides is 1. The molecule has 5 N–H and O–H groups in total. The zero-order valence-electron chi connectivity index (χ0n) is 30.1. The number of ether oxygens (including phenoxy) is 5. The van der Waals surface area contributed by atoms with Gasteiger partial charge in [0.2, 0.25) is 5.91 Å². The van der Waals surface area contributed by atoms with Gasteiger partial charge >= 0.3 is 0 Å². The molecule has 0 aromatic heterocycles. The van der Waals surface area contributed by atoms with Gasteiger partial charge in [-0.3, -0.25) is 19.3 Å². The van der Waals surface area contributed by atoms with Crippen LogP contribution in [0.2, 0.25) is 0 Å². The van der Waals surface area contributed by atoms with Gasteiger partial charge in [-0.25, -0.2) is 5.43 Å². The number of nitrogens with zero attached hydrogens (tertiary/aromatic N) is 2. The highest BCUT2D eigenvalue weighted by Crippen LogP contribution is 2.48. The molecule has 4 aliphatic rings. The number of benzene rings is 2. The first kappa shape index (κ1) is 37.9. The fraction of sp³-hybridized carbons (Fsp3) is 0.568. The van der Waals surface area contributed by atoms with Gasteiger partial charge in [0.25, 0.3) is 0 Å². The maximum absolute atomic E-state index is 14.0. The molecule has 0 bridgehead atoms. The van der Waals surface area contributed by atoms with Crippen LogP contribution < -0.4 is 10.2 Å². The van der Waals surface area contributed by atoms with Crippen molar-refractivity contribution in [3.8, 4) is 11.5 Å². The zero-order chi connectivity index (χ0) is 37.6. The maximum atomic E-state index is 14.0. The molecule has 2 aromatic carbocycles. The molecule has 2 heterocycles. The Hall–Kier alpha value is -3.80. The summed E-state index contributed by atoms with van der Waals surface area (Å²) in [6.07, 6.45) is -4.50. The molecule has 15 heteroatoms. The Balaban J connectivity index is 1.42. The van der Waals surface area contributed by atoms with Crippen molar-refractivity contribution >= 4 is 23.2 Å². The lowest BCUT2D eigenvalue weighted by atomic mass is 9.72. The van der Waals surface area contributed by atoms with E-state index in [0.29, 0.717) is 18.7 Å². The van der Waals surface area contributed by atoms with Crippen LogP contribution in [0.5, 0.6) is 11.5 Å². The first-order chi connectivity index (χ1) is 24.7. The number of phenols is 1. The Morgan fingerprint density at radius 2 is 1.88 bits per heavy atom. The van der Waals surface area contributed by atoms with E-state index in [2.05, 4.69) is 15.4 Å². The zero-order valence-corrected chi connectivity index (χ0v) is 30.1. The quantitative estimate of drug-likeness (QED) is 0.157. The first-order valence-corrected chi connectivity index (χ1v) is 17.5. The highest BCUT2D eigenvalue weighted by atomic mass is 16.7. The number of methoxy groups -OCH3 is 2. The van der Waals surface area contributed by atoms with Crippen molar-refractivity contribution in [1.29, 1.82) is 0 Å². The molecule has 52 heavy (non-hydrogen) atoms. The molecule has 2 aliphatic carbocycles. The monoisotopic (exact) mass is 725 g/mol. The third-order valence-corrected chi connectivity index (χ3v) is 10.7. The second-order valence-electron chi connectivity index (χ2n) is 14.2. The van der Waals surface area contributed by atoms with Gasteiger partial charge in [-0.1, -0.05) is 26.0 Å². The number of aliphatic hydroxyl groups is 3. The lowest BCUT2D eigenvalue weighted by molar-refractivity contribution is -0.272. The average Bonchev–Trinajstić information content (AvgIpc) is 3.12. The van der Waals surface area contributed by atoms with Crippen LogP contribution in [0.25, 0.3) is 0 Å². The van der Waals surface area contributed by atoms with Gasteiger partial charge in [-0.05, 0) is 31.5 Å². The van der Waals surface area contributed by atoms with Gasteiger partial charge in [-0.2, -0.15) is 5.10 Å². The number of nitrogens with one attached hydrogen (secondary N) is 1. The molecule has 0 unspecified atom stereocenters. The number of hydrogen-bond donors (Lipinski definition) is 5. The third-order valence-electron chi connectivity index (χ3n) is 10.7. The third kappa shape index (κ3) is 6.64. The van der Waals surface area contributed by atoms with Gasteiger partial charge in [0, 0.05) is 61.6 Å². The minimum Gasteiger partial charge on any atom is -0.507 e. The van der Waals surface area contributed by atoms with Crippen LogP contribution in [0.3, 0.4) is 0 Å². The number of rotatable bonds is 9. The summed E-state index contributed by atoms with van der Waals surface area (Å²) in [5, 5.41) is 49.9. The maximum Gasteiger partial charge on any atom is 0.242 e. The van der Waals surface area contributed by atoms with Crippen LogP contribution >= 0.6 is 0 Å². The lowest BCUT2D eigenvalue weighted by Crippen LogP contribution is -2.62. The molecule has 0 spiro atoms. The standard InChI is InChI=1S/C37H47N3O12/c1-17(2)35(46)39-38-27(16-41)37(47)14-23-21(12-22-30(34(23)45)32(43)20-8-7-9-25(48-5)29(20)33(22)44)26(15-37)52-28-13-24(31(42)19(4)51-28)40-10-11-50-36(49-6)18(40)3/h7-9,12,17-19,24,26,28,31,36,41-42,45,47H,10-11,13-16H2,1-6H3,(H,39,46)/b38-27+/t18-,19+,24+,26+,28+,31-,36+,37+/m1/s1. The number of phenolic OH excluding ortho intramolecular Hbond substituents is 1. The van der Waals surface area contributed by atoms with E-state index < -0.39 is 78.3 Å². The smallest absolute Gasteiger partial charge is 0.242 e. The molecule has 2 aliphatic heterocycles. The minimum atomic E-state index is -1.99. The fourth-order valence-electron chi connectivity index (χ4n) is 7.80. The van der Waals surface area contributed by atoms with Crippen molar-refractivity contribution in [2.45, 2.75) is 95.5 Å². The van der Waals surface area contributed by atoms with Gasteiger partial charge in [0.1, 0.15) is 17.1 Å². The Morgan fingerprint density at radius 1 is 1.15 bits per heavy atom. The van der Waals surface area contributed by atoms with Crippen LogP contribution in [-0.2, 0) is 30.2 Å². The number of carbonyl (C=O) groups excluding carboxylic acids is 3. The van der Waals surface area contributed by atoms with Crippen LogP contribution in [-0.4, -0.2) is 125 Å². The Kier molecular flexibility index (Phi) is 10.9. The Morgan fingerprint density at radius 3 is 2.56 bits per heavy atom. The number of carbonyl (C=O) groups is 3. The van der Waals surface area contributed by atoms with Crippen molar-refractivity contribution in [3.05, 3.63) is 57.6 Å². The molecule has 282 valence electrons. The molecule has 1 amide bonds. The summed E-state index contributed by atoms with van der Waals surface area (Å²) < 4.78 is 29.5. The van der Waals surface area contributed by atoms with Crippen molar-refractivity contribution in [1.82, 2.24) is 10.3 Å². The number of morpholine rings is 1. The molecule has 8 atom stereocenters. The largest absolute Gasteiger partial charge is 0.507 e. The molecule has 0 saturated carbocycles. The number of fused-ring (bicyclic) bond motifs is 3. The van der Waals surface area contributed by atoms with E-state index in [0.717, 1.165) is 0 Å². The SMILES string of the molecule is COc1cccc2c1C(=O)c1cc3c(c(O)c1C2=O)C[C@@](O)(/C(CO)=N/NC(=O)C(C)C)C[C@@H]3O[C@H]1C[C@H](N2CCO[C@H](OC)[C@H]2C)[C@H](O)[C@H](C)O1. The van der Waals surface area contributed by atoms with Gasteiger partial charge < -0.3 is 44.1 Å². The molecule has 15 nitrogen and oxygen atoms in total. The van der Waals surface area contributed by atoms with E-state index in [1.807, 2.05) is 6.92 Å². The molecular weight excluding hydrogens is 678 g/mol. The summed E-state index contributed by atoms with van der Waals surface area (Å²) >= 11 is 0. The second-order valence-corrected chi connectivity index (χ2v) is 14.2. The van der Waals surface area contributed by atoms with E-state index in [1.54, 1.807) is 40.0 Å². The van der Waals surface area contributed by atoms with Gasteiger partial charge in [0.15, 0.2) is 24.1 Å². The predicted molar refractivity (Wildman–Crippen MR) is 184 cm³/mol.